The first-order chi connectivity index (χ1) is 67.2. The number of amides is 12. The minimum Gasteiger partial charge on any atom is -0.480 e. The maximum Gasteiger partial charge on any atom is 0.330 e. The van der Waals surface area contributed by atoms with E-state index in [4.69, 9.17) is 33.8 Å². The molecule has 9 aromatic rings. The number of primary amides is 1. The van der Waals surface area contributed by atoms with Crippen molar-refractivity contribution in [3.63, 3.8) is 0 Å². The third-order valence-electron chi connectivity index (χ3n) is 24.0. The number of carboxylic acids is 3. The number of nitrogens with two attached hydrogens (primary N) is 4. The summed E-state index contributed by atoms with van der Waals surface area (Å²) in [6, 6.07) is 24.8. The van der Waals surface area contributed by atoms with Gasteiger partial charge in [0.1, 0.15) is 54.4 Å². The molecular weight excluding hydrogens is 1810 g/mol. The zero-order valence-corrected chi connectivity index (χ0v) is 76.7. The van der Waals surface area contributed by atoms with E-state index in [0.29, 0.717) is 60.6 Å². The molecule has 5 heterocycles. The number of urea groups is 1. The van der Waals surface area contributed by atoms with Crippen LogP contribution < -0.4 is 87.0 Å². The van der Waals surface area contributed by atoms with Crippen molar-refractivity contribution in [3.8, 4) is 0 Å². The quantitative estimate of drug-likeness (QED) is 0.00586. The predicted molar refractivity (Wildman–Crippen MR) is 512 cm³/mol. The van der Waals surface area contributed by atoms with E-state index in [-0.39, 0.29) is 141 Å². The molecule has 0 aliphatic carbocycles. The molecule has 12 amide bonds. The molecule has 2 saturated heterocycles. The number of aliphatic hydroxyl groups is 1. The molecule has 0 radical (unpaired) electrons. The Balaban J connectivity index is 0.860. The maximum atomic E-state index is 15.6. The monoisotopic (exact) mass is 1930 g/mol. The Morgan fingerprint density at radius 2 is 0.843 bits per heavy atom. The average molecular weight is 1930 g/mol. The van der Waals surface area contributed by atoms with Crippen molar-refractivity contribution < 1.29 is 92.3 Å². The van der Waals surface area contributed by atoms with Gasteiger partial charge in [0.25, 0.3) is 5.91 Å². The van der Waals surface area contributed by atoms with Crippen LogP contribution in [0.4, 0.5) is 4.79 Å². The molecule has 2 aliphatic heterocycles. The molecule has 29 N–H and O–H groups in total. The summed E-state index contributed by atoms with van der Waals surface area (Å²) in [5.41, 5.74) is 31.4. The number of hydrazine groups is 1. The number of likely N-dealkylation sites (tertiary alicyclic amines) is 1. The van der Waals surface area contributed by atoms with Crippen molar-refractivity contribution in [2.45, 2.75) is 125 Å². The second-order valence-electron chi connectivity index (χ2n) is 34.3. The summed E-state index contributed by atoms with van der Waals surface area (Å²) in [6.07, 6.45) is 3.74. The second-order valence-corrected chi connectivity index (χ2v) is 34.3. The Hall–Kier alpha value is -15.8. The molecule has 10 atom stereocenters. The second kappa shape index (κ2) is 51.4. The number of fused-ring (bicyclic) bond motifs is 3. The van der Waals surface area contributed by atoms with Crippen LogP contribution in [0.15, 0.2) is 171 Å². The number of aromatic nitrogens is 4. The van der Waals surface area contributed by atoms with Crippen LogP contribution >= 0.6 is 0 Å². The molecule has 140 heavy (non-hydrogen) atoms. The number of rotatable bonds is 46. The number of aliphatic hydroxyl groups excluding tert-OH is 1. The standard InChI is InChI=1S/C94H119N27O19/c95-62-43-77(90(138)115-116-94(100)140)121(48-62)91(139)75(39-55-25-27-58(28-26-55)82(130)57-14-2-1-3-15-57)113-86(134)72(41-60-45-104-67-21-8-6-19-65(60)67)110-84(132)70(24-12-30-103-93(98)99)109-88(136)74(44-63-47-101-54-106-63)112-89(137)76(53-122)114-87(135)73(42-61-46-105-68-22-9-7-20-66(61)68)111-83(131)69(23-11-29-102-92(96)97)108-85(133)71(40-59-17-10-16-56-13-4-5-18-64(56)59)107-78(123)49-117-31-33-118(50-79(124)125)35-37-120(52-81(128)129)38-36-119(34-32-117)51-80(126)127/h1-10,13-22,25-28,45-47,54,62,69-77,104-105,122H,11-12,23-24,29-44,48-53,95H2,(H,101,106)(H,107,123)(H,108,133)(H,109,136)(H,110,132)(H,111,131)(H,112,137)(H,113,134)(H,114,135)(H,115,138)(H,124,125)(H,126,127)(H,128,129)(H4,96,97,102)(H4,98,99,103)(H3,100,116,140)/t62-,69-,70+,71?,72-,73-,74-,75-,76-,77-/m0/s1. The van der Waals surface area contributed by atoms with Gasteiger partial charge in [-0.15, -0.1) is 0 Å². The van der Waals surface area contributed by atoms with Gasteiger partial charge in [0, 0.05) is 167 Å². The number of H-pyrrole nitrogens is 3. The largest absolute Gasteiger partial charge is 0.480 e. The molecule has 11 rings (SSSR count). The van der Waals surface area contributed by atoms with Crippen molar-refractivity contribution >= 4 is 133 Å². The number of aliphatic carboxylic acids is 3. The van der Waals surface area contributed by atoms with Gasteiger partial charge in [-0.1, -0.05) is 133 Å². The summed E-state index contributed by atoms with van der Waals surface area (Å²) in [6.45, 7) is -2.55. The number of hydrogen-bond acceptors (Lipinski definition) is 24. The fourth-order valence-corrected chi connectivity index (χ4v) is 16.9. The zero-order chi connectivity index (χ0) is 100. The van der Waals surface area contributed by atoms with E-state index < -0.39 is 195 Å². The molecule has 0 spiro atoms. The summed E-state index contributed by atoms with van der Waals surface area (Å²) < 4.78 is 0. The van der Waals surface area contributed by atoms with Gasteiger partial charge in [-0.2, -0.15) is 0 Å². The van der Waals surface area contributed by atoms with Crippen molar-refractivity contribution in [2.75, 3.05) is 105 Å². The molecule has 0 bridgehead atoms. The van der Waals surface area contributed by atoms with Crippen molar-refractivity contribution in [1.82, 2.24) is 108 Å². The summed E-state index contributed by atoms with van der Waals surface area (Å²) in [5.74, 6) is -14.3. The number of ketones is 1. The van der Waals surface area contributed by atoms with Gasteiger partial charge in [-0.3, -0.25) is 103 Å². The van der Waals surface area contributed by atoms with Crippen LogP contribution in [0.3, 0.4) is 0 Å². The van der Waals surface area contributed by atoms with Crippen molar-refractivity contribution in [1.29, 1.82) is 10.8 Å². The Morgan fingerprint density at radius 1 is 0.429 bits per heavy atom. The number of nitrogens with one attached hydrogen (secondary N) is 17. The van der Waals surface area contributed by atoms with E-state index in [2.05, 4.69) is 78.5 Å². The van der Waals surface area contributed by atoms with Crippen molar-refractivity contribution in [3.05, 3.63) is 210 Å². The predicted octanol–water partition coefficient (Wildman–Crippen LogP) is -3.23. The maximum absolute atomic E-state index is 15.6. The summed E-state index contributed by atoms with van der Waals surface area (Å²) in [7, 11) is 0. The molecule has 2 fully saturated rings. The first kappa shape index (κ1) is 105. The highest BCUT2D eigenvalue weighted by molar-refractivity contribution is 6.09. The number of carboxylic acid groups (broad SMARTS) is 3. The van der Waals surface area contributed by atoms with Gasteiger partial charge in [-0.25, -0.2) is 15.2 Å². The summed E-state index contributed by atoms with van der Waals surface area (Å²) in [5, 5.41) is 86.6. The molecule has 0 saturated carbocycles. The minimum absolute atomic E-state index is 0.00559. The Bertz CT molecular complexity index is 5850. The van der Waals surface area contributed by atoms with Gasteiger partial charge in [0.15, 0.2) is 17.7 Å². The number of aromatic amines is 3. The highest BCUT2D eigenvalue weighted by Gasteiger charge is 2.43. The van der Waals surface area contributed by atoms with Crippen molar-refractivity contribution in [2.24, 2.45) is 22.9 Å². The Kier molecular flexibility index (Phi) is 38.4. The molecule has 2 aliphatic rings. The number of carbonyl (C=O) groups is 15. The van der Waals surface area contributed by atoms with Crippen LogP contribution in [0.5, 0.6) is 0 Å². The topological polar surface area (TPSA) is 710 Å². The number of guanidine groups is 2. The van der Waals surface area contributed by atoms with E-state index in [1.165, 1.54) is 12.5 Å². The molecular formula is C94H119N27O19. The molecule has 46 heteroatoms. The van der Waals surface area contributed by atoms with E-state index in [1.54, 1.807) is 153 Å². The summed E-state index contributed by atoms with van der Waals surface area (Å²) >= 11 is 0. The van der Waals surface area contributed by atoms with E-state index >= 15 is 38.4 Å². The molecule has 744 valence electrons. The SMILES string of the molecule is N=C(N)NCCC[C@H](NC(=O)C(Cc1cccc2ccccc12)NC(=O)CN1CCN(CC(=O)O)CCN(CC(=O)O)CCN(CC(=O)O)CC1)C(=O)N[C@@H](Cc1c[nH]c2ccccc12)C(=O)N[C@@H](CO)C(=O)N[C@@H](Cc1cnc[nH]1)C(=O)N[C@H](CCCNC(=N)N)C(=O)N[C@@H](Cc1c[nH]c2ccccc12)C(=O)N[C@@H](Cc1ccc(C(=O)c2ccccc2)cc1)C(=O)N1C[C@@H](N)C[C@H]1C(=O)NNC(N)=O. The Labute approximate surface area is 803 Å². The number of imidazole rings is 1. The van der Waals surface area contributed by atoms with E-state index in [9.17, 15) is 54.0 Å². The number of carbonyl (C=O) groups excluding carboxylic acids is 12. The van der Waals surface area contributed by atoms with Gasteiger partial charge in [0.2, 0.25) is 53.2 Å². The first-order valence-corrected chi connectivity index (χ1v) is 45.6. The van der Waals surface area contributed by atoms with E-state index in [0.717, 1.165) is 10.3 Å². The van der Waals surface area contributed by atoms with Gasteiger partial charge >= 0.3 is 23.9 Å². The smallest absolute Gasteiger partial charge is 0.330 e. The fourth-order valence-electron chi connectivity index (χ4n) is 16.9. The molecule has 46 nitrogen and oxygen atoms in total. The van der Waals surface area contributed by atoms with Crippen LogP contribution in [0.2, 0.25) is 0 Å². The van der Waals surface area contributed by atoms with Crippen LogP contribution in [-0.2, 0) is 94.4 Å². The number of benzene rings is 6. The first-order valence-electron chi connectivity index (χ1n) is 45.6. The lowest BCUT2D eigenvalue weighted by Gasteiger charge is -2.33. The van der Waals surface area contributed by atoms with Gasteiger partial charge in [-0.05, 0) is 77.3 Å². The zero-order valence-electron chi connectivity index (χ0n) is 76.7. The highest BCUT2D eigenvalue weighted by atomic mass is 16.4. The van der Waals surface area contributed by atoms with E-state index in [1.807, 2.05) is 29.7 Å². The number of nitrogens with zero attached hydrogens (tertiary/aromatic N) is 6. The van der Waals surface area contributed by atoms with Gasteiger partial charge in [0.05, 0.1) is 39.1 Å². The van der Waals surface area contributed by atoms with Crippen LogP contribution in [0, 0.1) is 10.8 Å². The molecule has 3 aromatic heterocycles. The third-order valence-corrected chi connectivity index (χ3v) is 24.0. The molecule has 1 unspecified atom stereocenters. The lowest BCUT2D eigenvalue weighted by atomic mass is 9.97. The van der Waals surface area contributed by atoms with Crippen LogP contribution in [-0.4, -0.2) is 331 Å². The van der Waals surface area contributed by atoms with Crippen LogP contribution in [0.25, 0.3) is 32.6 Å². The Morgan fingerprint density at radius 3 is 1.32 bits per heavy atom. The number of hydrogen-bond donors (Lipinski definition) is 25. The third kappa shape index (κ3) is 31.4. The number of para-hydroxylation sites is 2. The minimum atomic E-state index is -1.96. The lowest BCUT2D eigenvalue weighted by Crippen LogP contribution is -2.62. The lowest BCUT2D eigenvalue weighted by molar-refractivity contribution is -0.142. The normalized spacial score (nSPS) is 16.3. The average Bonchev–Trinajstić information content (AvgIpc) is 1.79. The fraction of sp³-hybridized carbons (Fsp3) is 0.383. The molecule has 6 aromatic carbocycles. The van der Waals surface area contributed by atoms with Crippen LogP contribution in [0.1, 0.15) is 76.0 Å². The van der Waals surface area contributed by atoms with Gasteiger partial charge < -0.3 is 116 Å². The summed E-state index contributed by atoms with van der Waals surface area (Å²) in [4.78, 5) is 234. The highest BCUT2D eigenvalue weighted by Crippen LogP contribution is 2.26.